The van der Waals surface area contributed by atoms with Crippen molar-refractivity contribution in [3.05, 3.63) is 71.1 Å². The zero-order valence-corrected chi connectivity index (χ0v) is 11.3. The van der Waals surface area contributed by atoms with Crippen molar-refractivity contribution in [1.82, 2.24) is 15.0 Å². The SMILES string of the molecule is Fc1cccc(Cl)c1Cn1cc(-c2ccccc2)nn1. The molecule has 0 aliphatic heterocycles. The first-order chi connectivity index (χ1) is 9.74. The second-order valence-electron chi connectivity index (χ2n) is 4.37. The first-order valence-corrected chi connectivity index (χ1v) is 6.50. The summed E-state index contributed by atoms with van der Waals surface area (Å²) >= 11 is 6.00. The minimum absolute atomic E-state index is 0.255. The number of hydrogen-bond donors (Lipinski definition) is 0. The molecule has 3 rings (SSSR count). The van der Waals surface area contributed by atoms with E-state index in [0.29, 0.717) is 10.6 Å². The number of rotatable bonds is 3. The third-order valence-corrected chi connectivity index (χ3v) is 3.34. The molecule has 0 aliphatic carbocycles. The van der Waals surface area contributed by atoms with Crippen molar-refractivity contribution < 1.29 is 4.39 Å². The molecule has 0 bridgehead atoms. The molecule has 1 aromatic heterocycles. The lowest BCUT2D eigenvalue weighted by Crippen LogP contribution is -2.03. The number of nitrogens with zero attached hydrogens (tertiary/aromatic N) is 3. The molecule has 0 aliphatic rings. The largest absolute Gasteiger partial charge is 0.247 e. The average Bonchev–Trinajstić information content (AvgIpc) is 2.93. The third-order valence-electron chi connectivity index (χ3n) is 2.99. The van der Waals surface area contributed by atoms with Gasteiger partial charge in [0.05, 0.1) is 12.7 Å². The van der Waals surface area contributed by atoms with Gasteiger partial charge in [0.25, 0.3) is 0 Å². The lowest BCUT2D eigenvalue weighted by atomic mass is 10.2. The van der Waals surface area contributed by atoms with Crippen LogP contribution in [0.25, 0.3) is 11.3 Å². The first-order valence-electron chi connectivity index (χ1n) is 6.12. The van der Waals surface area contributed by atoms with E-state index in [1.54, 1.807) is 23.0 Å². The molecule has 2 aromatic carbocycles. The number of benzene rings is 2. The van der Waals surface area contributed by atoms with Gasteiger partial charge in [-0.15, -0.1) is 5.10 Å². The van der Waals surface area contributed by atoms with Gasteiger partial charge in [-0.05, 0) is 12.1 Å². The molecule has 0 radical (unpaired) electrons. The maximum atomic E-state index is 13.7. The second kappa shape index (κ2) is 5.43. The van der Waals surface area contributed by atoms with Crippen LogP contribution in [0.4, 0.5) is 4.39 Å². The molecule has 0 saturated carbocycles. The van der Waals surface area contributed by atoms with Gasteiger partial charge >= 0.3 is 0 Å². The predicted molar refractivity (Wildman–Crippen MR) is 76.0 cm³/mol. The van der Waals surface area contributed by atoms with Crippen molar-refractivity contribution in [2.75, 3.05) is 0 Å². The van der Waals surface area contributed by atoms with E-state index in [1.165, 1.54) is 6.07 Å². The molecule has 0 saturated heterocycles. The Bertz CT molecular complexity index is 705. The summed E-state index contributed by atoms with van der Waals surface area (Å²) in [5.41, 5.74) is 2.13. The standard InChI is InChI=1S/C15H11ClFN3/c16-13-7-4-8-14(17)12(13)9-20-10-15(18-19-20)11-5-2-1-3-6-11/h1-8,10H,9H2. The quantitative estimate of drug-likeness (QED) is 0.734. The summed E-state index contributed by atoms with van der Waals surface area (Å²) in [4.78, 5) is 0. The Balaban J connectivity index is 1.88. The topological polar surface area (TPSA) is 30.7 Å². The molecule has 0 N–H and O–H groups in total. The molecule has 20 heavy (non-hydrogen) atoms. The monoisotopic (exact) mass is 287 g/mol. The van der Waals surface area contributed by atoms with Crippen molar-refractivity contribution in [2.45, 2.75) is 6.54 Å². The highest BCUT2D eigenvalue weighted by atomic mass is 35.5. The molecule has 0 fully saturated rings. The summed E-state index contributed by atoms with van der Waals surface area (Å²) < 4.78 is 15.3. The van der Waals surface area contributed by atoms with Crippen molar-refractivity contribution in [3.63, 3.8) is 0 Å². The average molecular weight is 288 g/mol. The minimum atomic E-state index is -0.339. The molecule has 1 heterocycles. The Morgan fingerprint density at radius 2 is 1.85 bits per heavy atom. The highest BCUT2D eigenvalue weighted by molar-refractivity contribution is 6.31. The molecule has 3 nitrogen and oxygen atoms in total. The maximum Gasteiger partial charge on any atom is 0.129 e. The van der Waals surface area contributed by atoms with Crippen LogP contribution in [0.1, 0.15) is 5.56 Å². The van der Waals surface area contributed by atoms with Crippen LogP contribution >= 0.6 is 11.6 Å². The molecule has 3 aromatic rings. The van der Waals surface area contributed by atoms with Gasteiger partial charge in [-0.3, -0.25) is 0 Å². The van der Waals surface area contributed by atoms with E-state index in [9.17, 15) is 4.39 Å². The van der Waals surface area contributed by atoms with E-state index in [0.717, 1.165) is 11.3 Å². The Labute approximate surface area is 120 Å². The van der Waals surface area contributed by atoms with E-state index in [2.05, 4.69) is 10.3 Å². The molecule has 5 heteroatoms. The molecule has 0 atom stereocenters. The zero-order chi connectivity index (χ0) is 13.9. The van der Waals surface area contributed by atoms with Gasteiger partial charge in [-0.2, -0.15) is 0 Å². The highest BCUT2D eigenvalue weighted by Gasteiger charge is 2.09. The molecule has 0 spiro atoms. The Morgan fingerprint density at radius 3 is 2.60 bits per heavy atom. The normalized spacial score (nSPS) is 10.7. The van der Waals surface area contributed by atoms with E-state index in [-0.39, 0.29) is 12.4 Å². The summed E-state index contributed by atoms with van der Waals surface area (Å²) in [5.74, 6) is -0.339. The fourth-order valence-electron chi connectivity index (χ4n) is 1.96. The van der Waals surface area contributed by atoms with Gasteiger partial charge in [0.1, 0.15) is 11.5 Å². The van der Waals surface area contributed by atoms with E-state index in [1.807, 2.05) is 30.3 Å². The number of halogens is 2. The molecular formula is C15H11ClFN3. The minimum Gasteiger partial charge on any atom is -0.247 e. The molecular weight excluding hydrogens is 277 g/mol. The van der Waals surface area contributed by atoms with Crippen LogP contribution < -0.4 is 0 Å². The van der Waals surface area contributed by atoms with E-state index >= 15 is 0 Å². The fraction of sp³-hybridized carbons (Fsp3) is 0.0667. The van der Waals surface area contributed by atoms with Gasteiger partial charge in [0.15, 0.2) is 0 Å². The van der Waals surface area contributed by atoms with Gasteiger partial charge in [0, 0.05) is 16.1 Å². The van der Waals surface area contributed by atoms with Crippen molar-refractivity contribution in [1.29, 1.82) is 0 Å². The first kappa shape index (κ1) is 12.8. The van der Waals surface area contributed by atoms with Crippen LogP contribution in [0, 0.1) is 5.82 Å². The lowest BCUT2D eigenvalue weighted by molar-refractivity contribution is 0.577. The summed E-state index contributed by atoms with van der Waals surface area (Å²) in [6.07, 6.45) is 1.78. The van der Waals surface area contributed by atoms with Crippen LogP contribution in [-0.4, -0.2) is 15.0 Å². The molecule has 0 amide bonds. The predicted octanol–water partition coefficient (Wildman–Crippen LogP) is 3.79. The number of aromatic nitrogens is 3. The van der Waals surface area contributed by atoms with Crippen molar-refractivity contribution in [3.8, 4) is 11.3 Å². The fourth-order valence-corrected chi connectivity index (χ4v) is 2.19. The van der Waals surface area contributed by atoms with Crippen molar-refractivity contribution >= 4 is 11.6 Å². The zero-order valence-electron chi connectivity index (χ0n) is 10.5. The van der Waals surface area contributed by atoms with Crippen LogP contribution in [0.5, 0.6) is 0 Å². The van der Waals surface area contributed by atoms with Gasteiger partial charge < -0.3 is 0 Å². The van der Waals surface area contributed by atoms with Crippen molar-refractivity contribution in [2.24, 2.45) is 0 Å². The molecule has 100 valence electrons. The highest BCUT2D eigenvalue weighted by Crippen LogP contribution is 2.21. The Morgan fingerprint density at radius 1 is 1.05 bits per heavy atom. The summed E-state index contributed by atoms with van der Waals surface area (Å²) in [7, 11) is 0. The Kier molecular flexibility index (Phi) is 3.48. The van der Waals surface area contributed by atoms with Crippen LogP contribution in [0.3, 0.4) is 0 Å². The maximum absolute atomic E-state index is 13.7. The van der Waals surface area contributed by atoms with E-state index in [4.69, 9.17) is 11.6 Å². The van der Waals surface area contributed by atoms with Crippen LogP contribution in [0.15, 0.2) is 54.7 Å². The van der Waals surface area contributed by atoms with Crippen LogP contribution in [-0.2, 0) is 6.54 Å². The van der Waals surface area contributed by atoms with E-state index < -0.39 is 0 Å². The van der Waals surface area contributed by atoms with Crippen LogP contribution in [0.2, 0.25) is 5.02 Å². The smallest absolute Gasteiger partial charge is 0.129 e. The summed E-state index contributed by atoms with van der Waals surface area (Å²) in [6.45, 7) is 0.255. The van der Waals surface area contributed by atoms with Gasteiger partial charge in [-0.25, -0.2) is 9.07 Å². The summed E-state index contributed by atoms with van der Waals surface area (Å²) in [5, 5.41) is 8.49. The summed E-state index contributed by atoms with van der Waals surface area (Å²) in [6, 6.07) is 14.3. The molecule has 0 unspecified atom stereocenters. The lowest BCUT2D eigenvalue weighted by Gasteiger charge is -2.04. The third kappa shape index (κ3) is 2.56. The second-order valence-corrected chi connectivity index (χ2v) is 4.77. The number of hydrogen-bond acceptors (Lipinski definition) is 2. The van der Waals surface area contributed by atoms with Gasteiger partial charge in [-0.1, -0.05) is 53.2 Å². The Hall–Kier alpha value is -2.20. The van der Waals surface area contributed by atoms with Gasteiger partial charge in [0.2, 0.25) is 0 Å².